The van der Waals surface area contributed by atoms with Gasteiger partial charge in [-0.1, -0.05) is 12.2 Å². The summed E-state index contributed by atoms with van der Waals surface area (Å²) in [6.45, 7) is 0. The van der Waals surface area contributed by atoms with E-state index in [2.05, 4.69) is 15.0 Å². The molecule has 0 aliphatic carbocycles. The summed E-state index contributed by atoms with van der Waals surface area (Å²) < 4.78 is 0.612. The third-order valence-corrected chi connectivity index (χ3v) is 1.78. The lowest BCUT2D eigenvalue weighted by atomic mass is 10.3. The van der Waals surface area contributed by atoms with Crippen LogP contribution in [0.25, 0.3) is 10.9 Å². The summed E-state index contributed by atoms with van der Waals surface area (Å²) in [7, 11) is 0. The first-order valence-electron chi connectivity index (χ1n) is 3.15. The van der Waals surface area contributed by atoms with Crippen molar-refractivity contribution >= 4 is 23.1 Å². The van der Waals surface area contributed by atoms with Crippen molar-refractivity contribution in [3.05, 3.63) is 29.4 Å². The molecule has 0 aromatic carbocycles. The van der Waals surface area contributed by atoms with E-state index in [0.29, 0.717) is 4.64 Å². The highest BCUT2D eigenvalue weighted by molar-refractivity contribution is 7.71. The number of hydrogen-bond donors (Lipinski definition) is 1. The lowest BCUT2D eigenvalue weighted by molar-refractivity contribution is 1.19. The highest BCUT2D eigenvalue weighted by Crippen LogP contribution is 2.07. The number of nitrogens with zero attached hydrogens (tertiary/aromatic N) is 2. The fourth-order valence-electron chi connectivity index (χ4n) is 0.926. The number of rotatable bonds is 0. The summed E-state index contributed by atoms with van der Waals surface area (Å²) in [6.07, 6.45) is 5.01. The van der Waals surface area contributed by atoms with Crippen molar-refractivity contribution < 1.29 is 0 Å². The minimum atomic E-state index is 0.612. The smallest absolute Gasteiger partial charge is 0.137 e. The van der Waals surface area contributed by atoms with E-state index in [0.717, 1.165) is 10.9 Å². The topological polar surface area (TPSA) is 41.6 Å². The van der Waals surface area contributed by atoms with Crippen LogP contribution in [-0.2, 0) is 0 Å². The molecule has 2 aromatic rings. The van der Waals surface area contributed by atoms with Crippen molar-refractivity contribution in [1.82, 2.24) is 15.0 Å². The van der Waals surface area contributed by atoms with Crippen molar-refractivity contribution in [3.8, 4) is 0 Å². The maximum Gasteiger partial charge on any atom is 0.137 e. The number of H-pyrrole nitrogens is 1. The van der Waals surface area contributed by atoms with Gasteiger partial charge in [-0.25, -0.2) is 4.98 Å². The SMILES string of the molecule is S=c1nc[nH]c2cnccc12. The molecule has 3 nitrogen and oxygen atoms in total. The van der Waals surface area contributed by atoms with Crippen LogP contribution < -0.4 is 0 Å². The third kappa shape index (κ3) is 1.01. The molecule has 0 aliphatic heterocycles. The van der Waals surface area contributed by atoms with E-state index in [-0.39, 0.29) is 0 Å². The zero-order valence-electron chi connectivity index (χ0n) is 5.61. The van der Waals surface area contributed by atoms with Crippen molar-refractivity contribution in [2.24, 2.45) is 0 Å². The number of fused-ring (bicyclic) bond motifs is 1. The highest BCUT2D eigenvalue weighted by Gasteiger charge is 1.91. The average molecular weight is 163 g/mol. The van der Waals surface area contributed by atoms with Crippen LogP contribution in [0.15, 0.2) is 24.8 Å². The average Bonchev–Trinajstić information content (AvgIpc) is 2.06. The number of nitrogens with one attached hydrogen (secondary N) is 1. The Morgan fingerprint density at radius 2 is 2.36 bits per heavy atom. The van der Waals surface area contributed by atoms with E-state index in [1.165, 1.54) is 0 Å². The largest absolute Gasteiger partial charge is 0.344 e. The Kier molecular flexibility index (Phi) is 1.40. The Balaban J connectivity index is 3.03. The van der Waals surface area contributed by atoms with Crippen molar-refractivity contribution in [2.75, 3.05) is 0 Å². The van der Waals surface area contributed by atoms with Gasteiger partial charge in [-0.3, -0.25) is 4.98 Å². The minimum Gasteiger partial charge on any atom is -0.344 e. The molecule has 0 unspecified atom stereocenters. The van der Waals surface area contributed by atoms with E-state index in [1.807, 2.05) is 6.07 Å². The van der Waals surface area contributed by atoms with Gasteiger partial charge in [0.1, 0.15) is 4.64 Å². The molecule has 0 amide bonds. The molecule has 0 spiro atoms. The summed E-state index contributed by atoms with van der Waals surface area (Å²) in [4.78, 5) is 10.8. The van der Waals surface area contributed by atoms with Crippen LogP contribution >= 0.6 is 12.2 Å². The number of aromatic nitrogens is 3. The van der Waals surface area contributed by atoms with Crippen LogP contribution in [-0.4, -0.2) is 15.0 Å². The van der Waals surface area contributed by atoms with Gasteiger partial charge in [0.2, 0.25) is 0 Å². The van der Waals surface area contributed by atoms with Crippen LogP contribution in [0.4, 0.5) is 0 Å². The lowest BCUT2D eigenvalue weighted by Gasteiger charge is -1.93. The molecule has 1 N–H and O–H groups in total. The normalized spacial score (nSPS) is 10.2. The van der Waals surface area contributed by atoms with E-state index in [4.69, 9.17) is 12.2 Å². The molecule has 2 rings (SSSR count). The quantitative estimate of drug-likeness (QED) is 0.601. The maximum absolute atomic E-state index is 4.99. The Hall–Kier alpha value is -1.29. The zero-order chi connectivity index (χ0) is 7.68. The molecule has 54 valence electrons. The Bertz CT molecular complexity index is 429. The van der Waals surface area contributed by atoms with Crippen LogP contribution in [0.5, 0.6) is 0 Å². The molecule has 0 aliphatic rings. The lowest BCUT2D eigenvalue weighted by Crippen LogP contribution is -1.83. The number of pyridine rings is 1. The van der Waals surface area contributed by atoms with E-state index in [9.17, 15) is 0 Å². The fraction of sp³-hybridized carbons (Fsp3) is 0. The second-order valence-corrected chi connectivity index (χ2v) is 2.52. The Morgan fingerprint density at radius 3 is 3.18 bits per heavy atom. The van der Waals surface area contributed by atoms with Gasteiger partial charge in [0, 0.05) is 11.6 Å². The summed E-state index contributed by atoms with van der Waals surface area (Å²) in [5.41, 5.74) is 0.924. The van der Waals surface area contributed by atoms with Crippen LogP contribution in [0, 0.1) is 4.64 Å². The van der Waals surface area contributed by atoms with E-state index in [1.54, 1.807) is 18.7 Å². The monoisotopic (exact) mass is 163 g/mol. The van der Waals surface area contributed by atoms with Crippen molar-refractivity contribution in [3.63, 3.8) is 0 Å². The molecular weight excluding hydrogens is 158 g/mol. The van der Waals surface area contributed by atoms with E-state index >= 15 is 0 Å². The fourth-order valence-corrected chi connectivity index (χ4v) is 1.16. The highest BCUT2D eigenvalue weighted by atomic mass is 32.1. The second-order valence-electron chi connectivity index (χ2n) is 2.13. The van der Waals surface area contributed by atoms with Gasteiger partial charge in [0.15, 0.2) is 0 Å². The summed E-state index contributed by atoms with van der Waals surface area (Å²) in [5, 5.41) is 0.942. The molecule has 0 saturated carbocycles. The van der Waals surface area contributed by atoms with E-state index < -0.39 is 0 Å². The molecule has 0 fully saturated rings. The summed E-state index contributed by atoms with van der Waals surface area (Å²) >= 11 is 4.99. The molecule has 0 bridgehead atoms. The van der Waals surface area contributed by atoms with Crippen LogP contribution in [0.2, 0.25) is 0 Å². The minimum absolute atomic E-state index is 0.612. The molecule has 11 heavy (non-hydrogen) atoms. The van der Waals surface area contributed by atoms with Gasteiger partial charge in [-0.05, 0) is 6.07 Å². The number of hydrogen-bond acceptors (Lipinski definition) is 3. The van der Waals surface area contributed by atoms with Crippen molar-refractivity contribution in [1.29, 1.82) is 0 Å². The Morgan fingerprint density at radius 1 is 1.45 bits per heavy atom. The molecule has 0 radical (unpaired) electrons. The first-order chi connectivity index (χ1) is 5.38. The van der Waals surface area contributed by atoms with Gasteiger partial charge < -0.3 is 4.98 Å². The molecule has 4 heteroatoms. The molecule has 0 saturated heterocycles. The predicted octanol–water partition coefficient (Wildman–Crippen LogP) is 1.69. The van der Waals surface area contributed by atoms with Gasteiger partial charge in [-0.2, -0.15) is 0 Å². The summed E-state index contributed by atoms with van der Waals surface area (Å²) in [5.74, 6) is 0. The van der Waals surface area contributed by atoms with Crippen LogP contribution in [0.1, 0.15) is 0 Å². The first kappa shape index (κ1) is 6.42. The number of aromatic amines is 1. The summed E-state index contributed by atoms with van der Waals surface area (Å²) in [6, 6.07) is 1.85. The van der Waals surface area contributed by atoms with Gasteiger partial charge in [0.05, 0.1) is 18.0 Å². The predicted molar refractivity (Wildman–Crippen MR) is 44.7 cm³/mol. The van der Waals surface area contributed by atoms with Gasteiger partial charge in [0.25, 0.3) is 0 Å². The van der Waals surface area contributed by atoms with Gasteiger partial charge >= 0.3 is 0 Å². The van der Waals surface area contributed by atoms with Crippen LogP contribution in [0.3, 0.4) is 0 Å². The maximum atomic E-state index is 4.99. The Labute approximate surface area is 68.1 Å². The third-order valence-electron chi connectivity index (χ3n) is 1.45. The standard InChI is InChI=1S/C7H5N3S/c11-7-5-1-2-8-3-6(5)9-4-10-7/h1-4H,(H,9,10,11). The molecule has 2 heterocycles. The zero-order valence-corrected chi connectivity index (χ0v) is 6.43. The van der Waals surface area contributed by atoms with Crippen molar-refractivity contribution in [2.45, 2.75) is 0 Å². The second kappa shape index (κ2) is 2.39. The molecule has 0 atom stereocenters. The molecular formula is C7H5N3S. The molecule has 2 aromatic heterocycles. The van der Waals surface area contributed by atoms with Gasteiger partial charge in [-0.15, -0.1) is 0 Å². The first-order valence-corrected chi connectivity index (χ1v) is 3.56.